The van der Waals surface area contributed by atoms with Gasteiger partial charge in [-0.1, -0.05) is 0 Å². The van der Waals surface area contributed by atoms with Crippen molar-refractivity contribution in [3.05, 3.63) is 83.7 Å². The number of hydrogen-bond donors (Lipinski definition) is 0. The van der Waals surface area contributed by atoms with E-state index in [1.54, 1.807) is 87.8 Å². The average Bonchev–Trinajstić information content (AvgIpc) is 2.94. The molecule has 0 N–H and O–H groups in total. The van der Waals surface area contributed by atoms with Crippen LogP contribution in [0.25, 0.3) is 41.0 Å². The van der Waals surface area contributed by atoms with Gasteiger partial charge in [0, 0.05) is 30.6 Å². The number of esters is 3. The Labute approximate surface area is 226 Å². The summed E-state index contributed by atoms with van der Waals surface area (Å²) in [5.41, 5.74) is 4.28. The maximum atomic E-state index is 11.9. The van der Waals surface area contributed by atoms with Crippen LogP contribution < -0.4 is 0 Å². The lowest BCUT2D eigenvalue weighted by molar-refractivity contribution is -0.138. The summed E-state index contributed by atoms with van der Waals surface area (Å²) in [5, 5.41) is 0. The maximum Gasteiger partial charge on any atom is 0.330 e. The highest BCUT2D eigenvalue weighted by molar-refractivity contribution is 5.89. The summed E-state index contributed by atoms with van der Waals surface area (Å²) in [6, 6.07) is 10.6. The van der Waals surface area contributed by atoms with Gasteiger partial charge in [0.25, 0.3) is 0 Å². The average molecular weight is 528 g/mol. The molecule has 0 atom stereocenters. The molecule has 0 unspecified atom stereocenters. The van der Waals surface area contributed by atoms with Gasteiger partial charge in [0.15, 0.2) is 0 Å². The molecule has 39 heavy (non-hydrogen) atoms. The van der Waals surface area contributed by atoms with Crippen LogP contribution in [0.1, 0.15) is 37.5 Å². The highest BCUT2D eigenvalue weighted by Crippen LogP contribution is 2.25. The van der Waals surface area contributed by atoms with Gasteiger partial charge in [0.1, 0.15) is 0 Å². The standard InChI is InChI=1S/C30H29N3O6/c1-4-37-28(34)10-7-21-13-15-31-24(17-21)26-19-23(9-12-30(36)39-6-3)20-27(33-26)25-18-22(14-16-32-25)8-11-29(35)38-5-2/h7-20H,4-6H2,1-3H3/b10-7+,11-8+,12-9+. The van der Waals surface area contributed by atoms with E-state index < -0.39 is 17.9 Å². The highest BCUT2D eigenvalue weighted by Gasteiger charge is 2.10. The summed E-state index contributed by atoms with van der Waals surface area (Å²) in [5.74, 6) is -1.35. The minimum absolute atomic E-state index is 0.266. The van der Waals surface area contributed by atoms with Crippen LogP contribution >= 0.6 is 0 Å². The predicted molar refractivity (Wildman–Crippen MR) is 148 cm³/mol. The molecule has 0 aliphatic carbocycles. The number of ether oxygens (including phenoxy) is 3. The monoisotopic (exact) mass is 527 g/mol. The van der Waals surface area contributed by atoms with Crippen molar-refractivity contribution >= 4 is 36.1 Å². The Morgan fingerprint density at radius 3 is 1.33 bits per heavy atom. The first-order chi connectivity index (χ1) is 18.9. The lowest BCUT2D eigenvalue weighted by Gasteiger charge is -2.08. The Morgan fingerprint density at radius 1 is 0.590 bits per heavy atom. The molecule has 3 aromatic heterocycles. The maximum absolute atomic E-state index is 11.9. The van der Waals surface area contributed by atoms with E-state index in [2.05, 4.69) is 9.97 Å². The smallest absolute Gasteiger partial charge is 0.330 e. The van der Waals surface area contributed by atoms with Gasteiger partial charge in [0.2, 0.25) is 0 Å². The zero-order valence-corrected chi connectivity index (χ0v) is 22.0. The number of hydrogen-bond acceptors (Lipinski definition) is 9. The number of pyridine rings is 3. The molecule has 3 heterocycles. The molecule has 0 saturated heterocycles. The van der Waals surface area contributed by atoms with Crippen LogP contribution in [0.15, 0.2) is 67.0 Å². The molecule has 0 spiro atoms. The van der Waals surface area contributed by atoms with Crippen LogP contribution in [0.3, 0.4) is 0 Å². The van der Waals surface area contributed by atoms with E-state index in [1.807, 2.05) is 0 Å². The summed E-state index contributed by atoms with van der Waals surface area (Å²) in [7, 11) is 0. The summed E-state index contributed by atoms with van der Waals surface area (Å²) in [4.78, 5) is 49.0. The summed E-state index contributed by atoms with van der Waals surface area (Å²) in [6.07, 6.45) is 12.2. The quantitative estimate of drug-likeness (QED) is 0.194. The third-order valence-electron chi connectivity index (χ3n) is 5.04. The second-order valence-corrected chi connectivity index (χ2v) is 7.88. The van der Waals surface area contributed by atoms with Crippen LogP contribution in [-0.2, 0) is 28.6 Å². The van der Waals surface area contributed by atoms with Gasteiger partial charge in [-0.05, 0) is 92.1 Å². The molecule has 0 aliphatic rings. The molecule has 0 bridgehead atoms. The van der Waals surface area contributed by atoms with Crippen LogP contribution in [0.4, 0.5) is 0 Å². The Kier molecular flexibility index (Phi) is 10.8. The Morgan fingerprint density at radius 2 is 0.949 bits per heavy atom. The van der Waals surface area contributed by atoms with Crippen LogP contribution in [0.5, 0.6) is 0 Å². The molecule has 0 fully saturated rings. The molecule has 0 amide bonds. The van der Waals surface area contributed by atoms with Crippen molar-refractivity contribution in [3.8, 4) is 22.8 Å². The summed E-state index contributed by atoms with van der Waals surface area (Å²) >= 11 is 0. The van der Waals surface area contributed by atoms with Crippen molar-refractivity contribution < 1.29 is 28.6 Å². The van der Waals surface area contributed by atoms with E-state index in [-0.39, 0.29) is 19.8 Å². The first-order valence-electron chi connectivity index (χ1n) is 12.4. The lowest BCUT2D eigenvalue weighted by atomic mass is 10.1. The van der Waals surface area contributed by atoms with Crippen molar-refractivity contribution in [2.45, 2.75) is 20.8 Å². The van der Waals surface area contributed by atoms with Crippen molar-refractivity contribution in [2.24, 2.45) is 0 Å². The number of rotatable bonds is 11. The van der Waals surface area contributed by atoms with E-state index in [0.717, 1.165) is 11.1 Å². The van der Waals surface area contributed by atoms with E-state index in [9.17, 15) is 14.4 Å². The SMILES string of the molecule is CCOC(=O)/C=C/c1ccnc(-c2cc(/C=C/C(=O)OCC)cc(-c3cc(/C=C/C(=O)OCC)ccn3)n2)c1. The topological polar surface area (TPSA) is 118 Å². The van der Waals surface area contributed by atoms with Gasteiger partial charge in [-0.2, -0.15) is 0 Å². The number of nitrogens with zero attached hydrogens (tertiary/aromatic N) is 3. The van der Waals surface area contributed by atoms with E-state index in [0.29, 0.717) is 28.3 Å². The first-order valence-corrected chi connectivity index (χ1v) is 12.4. The van der Waals surface area contributed by atoms with Gasteiger partial charge in [0.05, 0.1) is 42.6 Å². The second-order valence-electron chi connectivity index (χ2n) is 7.88. The molecule has 0 aliphatic heterocycles. The van der Waals surface area contributed by atoms with Gasteiger partial charge >= 0.3 is 17.9 Å². The summed E-state index contributed by atoms with van der Waals surface area (Å²) < 4.78 is 14.9. The minimum Gasteiger partial charge on any atom is -0.463 e. The zero-order chi connectivity index (χ0) is 28.0. The molecule has 9 nitrogen and oxygen atoms in total. The fourth-order valence-corrected chi connectivity index (χ4v) is 3.36. The predicted octanol–water partition coefficient (Wildman–Crippen LogP) is 4.93. The number of aromatic nitrogens is 3. The largest absolute Gasteiger partial charge is 0.463 e. The fraction of sp³-hybridized carbons (Fsp3) is 0.200. The minimum atomic E-state index is -0.467. The van der Waals surface area contributed by atoms with Crippen molar-refractivity contribution in [1.82, 2.24) is 15.0 Å². The number of carbonyl (C=O) groups excluding carboxylic acids is 3. The molecule has 200 valence electrons. The van der Waals surface area contributed by atoms with Gasteiger partial charge in [-0.25, -0.2) is 19.4 Å². The van der Waals surface area contributed by atoms with Crippen molar-refractivity contribution in [3.63, 3.8) is 0 Å². The molecule has 3 rings (SSSR count). The van der Waals surface area contributed by atoms with E-state index >= 15 is 0 Å². The van der Waals surface area contributed by atoms with Crippen molar-refractivity contribution in [2.75, 3.05) is 19.8 Å². The van der Waals surface area contributed by atoms with Crippen LogP contribution in [0, 0.1) is 0 Å². The second kappa shape index (κ2) is 14.7. The molecule has 3 aromatic rings. The first kappa shape index (κ1) is 28.6. The van der Waals surface area contributed by atoms with Gasteiger partial charge in [-0.3, -0.25) is 9.97 Å². The fourth-order valence-electron chi connectivity index (χ4n) is 3.36. The number of carbonyl (C=O) groups is 3. The van der Waals surface area contributed by atoms with E-state index in [4.69, 9.17) is 19.2 Å². The summed E-state index contributed by atoms with van der Waals surface area (Å²) in [6.45, 7) is 6.06. The molecule has 0 radical (unpaired) electrons. The van der Waals surface area contributed by atoms with Crippen LogP contribution in [0.2, 0.25) is 0 Å². The normalized spacial score (nSPS) is 11.3. The Hall–Kier alpha value is -4.92. The third kappa shape index (κ3) is 9.15. The Bertz CT molecular complexity index is 1320. The van der Waals surface area contributed by atoms with Gasteiger partial charge < -0.3 is 14.2 Å². The highest BCUT2D eigenvalue weighted by atomic mass is 16.5. The Balaban J connectivity index is 2.03. The molecular weight excluding hydrogens is 498 g/mol. The van der Waals surface area contributed by atoms with Crippen molar-refractivity contribution in [1.29, 1.82) is 0 Å². The molecular formula is C30H29N3O6. The van der Waals surface area contributed by atoms with Crippen LogP contribution in [-0.4, -0.2) is 52.7 Å². The van der Waals surface area contributed by atoms with Gasteiger partial charge in [-0.15, -0.1) is 0 Å². The molecule has 0 saturated carbocycles. The lowest BCUT2D eigenvalue weighted by Crippen LogP contribution is -1.99. The zero-order valence-electron chi connectivity index (χ0n) is 22.0. The third-order valence-corrected chi connectivity index (χ3v) is 5.04. The molecule has 9 heteroatoms. The molecule has 0 aromatic carbocycles. The van der Waals surface area contributed by atoms with E-state index in [1.165, 1.54) is 18.2 Å².